The molecule has 0 unspecified atom stereocenters. The number of rotatable bonds is 5. The summed E-state index contributed by atoms with van der Waals surface area (Å²) in [4.78, 5) is 16.5. The van der Waals surface area contributed by atoms with Crippen LogP contribution in [0.2, 0.25) is 0 Å². The number of hydrogen-bond acceptors (Lipinski definition) is 4. The highest BCUT2D eigenvalue weighted by Crippen LogP contribution is 2.28. The quantitative estimate of drug-likeness (QED) is 0.453. The predicted octanol–water partition coefficient (Wildman–Crippen LogP) is 4.76. The molecule has 0 saturated heterocycles. The fourth-order valence-corrected chi connectivity index (χ4v) is 3.28. The fourth-order valence-electron chi connectivity index (χ4n) is 2.92. The van der Waals surface area contributed by atoms with E-state index in [2.05, 4.69) is 38.7 Å². The largest absolute Gasteiger partial charge is 0.444 e. The molecule has 0 aliphatic carbocycles. The maximum atomic E-state index is 11.7. The van der Waals surface area contributed by atoms with E-state index in [1.807, 2.05) is 51.1 Å². The van der Waals surface area contributed by atoms with Crippen LogP contribution in [0.4, 0.5) is 4.79 Å². The number of ether oxygens (including phenoxy) is 1. The van der Waals surface area contributed by atoms with Crippen LogP contribution in [0.15, 0.2) is 46.9 Å². The summed E-state index contributed by atoms with van der Waals surface area (Å²) in [6, 6.07) is 14.3. The SMILES string of the molecule is CC(C)(C)OC(=O)NCCNCc1c2ccccc2nc2ccc(Br)cc12. The van der Waals surface area contributed by atoms with E-state index in [0.29, 0.717) is 19.6 Å². The molecule has 2 N–H and O–H groups in total. The van der Waals surface area contributed by atoms with E-state index in [1.165, 1.54) is 5.56 Å². The molecular formula is C21H24BrN3O2. The van der Waals surface area contributed by atoms with Crippen molar-refractivity contribution in [3.63, 3.8) is 0 Å². The van der Waals surface area contributed by atoms with Gasteiger partial charge in [0.2, 0.25) is 0 Å². The monoisotopic (exact) mass is 429 g/mol. The van der Waals surface area contributed by atoms with E-state index >= 15 is 0 Å². The van der Waals surface area contributed by atoms with Gasteiger partial charge in [-0.05, 0) is 50.6 Å². The van der Waals surface area contributed by atoms with E-state index in [1.54, 1.807) is 0 Å². The van der Waals surface area contributed by atoms with Gasteiger partial charge in [0, 0.05) is 34.9 Å². The van der Waals surface area contributed by atoms with Gasteiger partial charge in [0.25, 0.3) is 0 Å². The third kappa shape index (κ3) is 5.17. The number of carbonyl (C=O) groups excluding carboxylic acids is 1. The standard InChI is InChI=1S/C21H24BrN3O2/c1-21(2,3)27-20(26)24-11-10-23-13-17-15-6-4-5-7-18(15)25-19-9-8-14(22)12-16(17)19/h4-9,12,23H,10-11,13H2,1-3H3,(H,24,26). The Labute approximate surface area is 167 Å². The molecule has 0 fully saturated rings. The van der Waals surface area contributed by atoms with Crippen LogP contribution in [0.1, 0.15) is 26.3 Å². The first-order valence-electron chi connectivity index (χ1n) is 8.98. The van der Waals surface area contributed by atoms with Crippen molar-refractivity contribution in [2.45, 2.75) is 32.9 Å². The van der Waals surface area contributed by atoms with E-state index in [4.69, 9.17) is 9.72 Å². The van der Waals surface area contributed by atoms with Gasteiger partial charge in [-0.3, -0.25) is 0 Å². The van der Waals surface area contributed by atoms with Gasteiger partial charge in [-0.1, -0.05) is 34.1 Å². The minimum Gasteiger partial charge on any atom is -0.444 e. The molecule has 3 aromatic rings. The molecular weight excluding hydrogens is 406 g/mol. The number of aromatic nitrogens is 1. The van der Waals surface area contributed by atoms with Gasteiger partial charge in [-0.15, -0.1) is 0 Å². The van der Waals surface area contributed by atoms with E-state index in [0.717, 1.165) is 26.3 Å². The van der Waals surface area contributed by atoms with Crippen LogP contribution in [-0.2, 0) is 11.3 Å². The van der Waals surface area contributed by atoms with Crippen molar-refractivity contribution >= 4 is 43.8 Å². The maximum absolute atomic E-state index is 11.7. The zero-order valence-corrected chi connectivity index (χ0v) is 17.4. The Kier molecular flexibility index (Phi) is 5.97. The highest BCUT2D eigenvalue weighted by molar-refractivity contribution is 9.10. The number of amides is 1. The Morgan fingerprint density at radius 2 is 1.81 bits per heavy atom. The normalized spacial score (nSPS) is 11.7. The summed E-state index contributed by atoms with van der Waals surface area (Å²) in [6.07, 6.45) is -0.395. The summed E-state index contributed by atoms with van der Waals surface area (Å²) in [5.74, 6) is 0. The molecule has 0 bridgehead atoms. The molecule has 0 radical (unpaired) electrons. The number of alkyl carbamates (subject to hydrolysis) is 1. The molecule has 1 amide bonds. The Balaban J connectivity index is 1.70. The number of fused-ring (bicyclic) bond motifs is 2. The van der Waals surface area contributed by atoms with E-state index in [-0.39, 0.29) is 0 Å². The van der Waals surface area contributed by atoms with Crippen molar-refractivity contribution in [3.8, 4) is 0 Å². The van der Waals surface area contributed by atoms with Gasteiger partial charge in [0.05, 0.1) is 11.0 Å². The number of carbonyl (C=O) groups is 1. The summed E-state index contributed by atoms with van der Waals surface area (Å²) in [7, 11) is 0. The lowest BCUT2D eigenvalue weighted by atomic mass is 10.0. The highest BCUT2D eigenvalue weighted by atomic mass is 79.9. The van der Waals surface area contributed by atoms with Crippen LogP contribution in [-0.4, -0.2) is 29.8 Å². The number of nitrogens with zero attached hydrogens (tertiary/aromatic N) is 1. The number of hydrogen-bond donors (Lipinski definition) is 2. The van der Waals surface area contributed by atoms with Gasteiger partial charge >= 0.3 is 6.09 Å². The predicted molar refractivity (Wildman–Crippen MR) is 113 cm³/mol. The van der Waals surface area contributed by atoms with Gasteiger partial charge < -0.3 is 15.4 Å². The maximum Gasteiger partial charge on any atom is 0.407 e. The highest BCUT2D eigenvalue weighted by Gasteiger charge is 2.15. The molecule has 1 heterocycles. The van der Waals surface area contributed by atoms with Crippen LogP contribution in [0.5, 0.6) is 0 Å². The Bertz CT molecular complexity index is 967. The first kappa shape index (κ1) is 19.6. The summed E-state index contributed by atoms with van der Waals surface area (Å²) in [5.41, 5.74) is 2.67. The minimum absolute atomic E-state index is 0.395. The van der Waals surface area contributed by atoms with Crippen molar-refractivity contribution in [2.24, 2.45) is 0 Å². The van der Waals surface area contributed by atoms with Crippen LogP contribution >= 0.6 is 15.9 Å². The van der Waals surface area contributed by atoms with Crippen LogP contribution in [0, 0.1) is 0 Å². The van der Waals surface area contributed by atoms with Crippen LogP contribution in [0.3, 0.4) is 0 Å². The second-order valence-corrected chi connectivity index (χ2v) is 8.29. The molecule has 2 aromatic carbocycles. The molecule has 3 rings (SSSR count). The summed E-state index contributed by atoms with van der Waals surface area (Å²) >= 11 is 3.55. The second kappa shape index (κ2) is 8.23. The zero-order chi connectivity index (χ0) is 19.4. The lowest BCUT2D eigenvalue weighted by Crippen LogP contribution is -2.36. The van der Waals surface area contributed by atoms with Gasteiger partial charge in [-0.25, -0.2) is 9.78 Å². The molecule has 0 aliphatic heterocycles. The lowest BCUT2D eigenvalue weighted by Gasteiger charge is -2.19. The third-order valence-electron chi connectivity index (χ3n) is 4.03. The van der Waals surface area contributed by atoms with Crippen molar-refractivity contribution in [2.75, 3.05) is 13.1 Å². The van der Waals surface area contributed by atoms with Gasteiger partial charge in [0.1, 0.15) is 5.60 Å². The third-order valence-corrected chi connectivity index (χ3v) is 4.52. The molecule has 142 valence electrons. The van der Waals surface area contributed by atoms with Crippen molar-refractivity contribution in [1.82, 2.24) is 15.6 Å². The molecule has 5 nitrogen and oxygen atoms in total. The van der Waals surface area contributed by atoms with Gasteiger partial charge in [0.15, 0.2) is 0 Å². The fraction of sp³-hybridized carbons (Fsp3) is 0.333. The first-order chi connectivity index (χ1) is 12.8. The number of para-hydroxylation sites is 1. The smallest absolute Gasteiger partial charge is 0.407 e. The number of pyridine rings is 1. The minimum atomic E-state index is -0.486. The average molecular weight is 430 g/mol. The summed E-state index contributed by atoms with van der Waals surface area (Å²) in [6.45, 7) is 7.38. The second-order valence-electron chi connectivity index (χ2n) is 7.37. The van der Waals surface area contributed by atoms with Crippen molar-refractivity contribution in [3.05, 3.63) is 52.5 Å². The van der Waals surface area contributed by atoms with Crippen LogP contribution < -0.4 is 10.6 Å². The molecule has 6 heteroatoms. The summed E-state index contributed by atoms with van der Waals surface area (Å²) < 4.78 is 6.27. The molecule has 0 spiro atoms. The van der Waals surface area contributed by atoms with E-state index in [9.17, 15) is 4.79 Å². The average Bonchev–Trinajstić information content (AvgIpc) is 2.59. The molecule has 27 heavy (non-hydrogen) atoms. The molecule has 0 aliphatic rings. The molecule has 0 atom stereocenters. The van der Waals surface area contributed by atoms with Crippen molar-refractivity contribution in [1.29, 1.82) is 0 Å². The van der Waals surface area contributed by atoms with Crippen molar-refractivity contribution < 1.29 is 9.53 Å². The number of benzene rings is 2. The Morgan fingerprint density at radius 3 is 2.59 bits per heavy atom. The summed E-state index contributed by atoms with van der Waals surface area (Å²) in [5, 5.41) is 8.43. The lowest BCUT2D eigenvalue weighted by molar-refractivity contribution is 0.0528. The Hall–Kier alpha value is -2.18. The molecule has 1 aromatic heterocycles. The topological polar surface area (TPSA) is 63.2 Å². The van der Waals surface area contributed by atoms with E-state index < -0.39 is 11.7 Å². The Morgan fingerprint density at radius 1 is 1.07 bits per heavy atom. The first-order valence-corrected chi connectivity index (χ1v) is 9.77. The van der Waals surface area contributed by atoms with Gasteiger partial charge in [-0.2, -0.15) is 0 Å². The number of halogens is 1. The zero-order valence-electron chi connectivity index (χ0n) is 15.8. The molecule has 0 saturated carbocycles. The number of nitrogens with one attached hydrogen (secondary N) is 2. The van der Waals surface area contributed by atoms with Crippen LogP contribution in [0.25, 0.3) is 21.8 Å².